The summed E-state index contributed by atoms with van der Waals surface area (Å²) in [6.45, 7) is 6.12. The first kappa shape index (κ1) is 15.8. The van der Waals surface area contributed by atoms with Crippen molar-refractivity contribution in [3.8, 4) is 5.75 Å². The molecular weight excluding hydrogens is 278 g/mol. The molecule has 1 amide bonds. The number of hydrogen-bond donors (Lipinski definition) is 2. The van der Waals surface area contributed by atoms with Crippen molar-refractivity contribution >= 4 is 12.1 Å². The van der Waals surface area contributed by atoms with E-state index >= 15 is 0 Å². The van der Waals surface area contributed by atoms with Crippen LogP contribution in [0.15, 0.2) is 41.6 Å². The van der Waals surface area contributed by atoms with E-state index in [1.165, 1.54) is 0 Å². The lowest BCUT2D eigenvalue weighted by molar-refractivity contribution is -0.123. The van der Waals surface area contributed by atoms with Crippen LogP contribution < -0.4 is 10.2 Å². The van der Waals surface area contributed by atoms with Crippen molar-refractivity contribution in [2.75, 3.05) is 6.61 Å². The minimum absolute atomic E-state index is 0.0642. The van der Waals surface area contributed by atoms with Crippen LogP contribution in [0.4, 0.5) is 0 Å². The van der Waals surface area contributed by atoms with Gasteiger partial charge >= 0.3 is 0 Å². The summed E-state index contributed by atoms with van der Waals surface area (Å²) in [6.07, 6.45) is 3.33. The summed E-state index contributed by atoms with van der Waals surface area (Å²) < 4.78 is 5.64. The minimum Gasteiger partial charge on any atom is -0.483 e. The molecule has 0 atom stereocenters. The average Bonchev–Trinajstić information content (AvgIpc) is 2.98. The first-order valence-electron chi connectivity index (χ1n) is 7.25. The number of amides is 1. The smallest absolute Gasteiger partial charge is 0.277 e. The van der Waals surface area contributed by atoms with Gasteiger partial charge in [0.2, 0.25) is 0 Å². The Morgan fingerprint density at radius 3 is 2.91 bits per heavy atom. The lowest BCUT2D eigenvalue weighted by Crippen LogP contribution is -2.25. The fraction of sp³-hybridized carbons (Fsp3) is 0.294. The fourth-order valence-corrected chi connectivity index (χ4v) is 2.02. The highest BCUT2D eigenvalue weighted by molar-refractivity contribution is 5.81. The summed E-state index contributed by atoms with van der Waals surface area (Å²) in [4.78, 5) is 14.7. The van der Waals surface area contributed by atoms with E-state index < -0.39 is 0 Å². The minimum atomic E-state index is -0.293. The molecule has 0 aliphatic rings. The predicted molar refractivity (Wildman–Crippen MR) is 87.3 cm³/mol. The van der Waals surface area contributed by atoms with Crippen molar-refractivity contribution in [1.29, 1.82) is 0 Å². The lowest BCUT2D eigenvalue weighted by Gasteiger charge is -2.14. The number of ether oxygens (including phenoxy) is 1. The van der Waals surface area contributed by atoms with Gasteiger partial charge in [-0.2, -0.15) is 5.10 Å². The van der Waals surface area contributed by atoms with Crippen LogP contribution in [-0.4, -0.2) is 23.7 Å². The SMILES string of the molecule is Cc1ccc(C(C)C)c(OCC(=O)NN=Cc2ccc[nH]2)c1. The number of hydrogen-bond acceptors (Lipinski definition) is 3. The number of rotatable bonds is 6. The van der Waals surface area contributed by atoms with Gasteiger partial charge in [0.1, 0.15) is 5.75 Å². The largest absolute Gasteiger partial charge is 0.483 e. The van der Waals surface area contributed by atoms with Crippen molar-refractivity contribution in [3.05, 3.63) is 53.3 Å². The molecule has 1 heterocycles. The first-order chi connectivity index (χ1) is 10.6. The average molecular weight is 299 g/mol. The van der Waals surface area contributed by atoms with E-state index in [1.807, 2.05) is 37.3 Å². The maximum absolute atomic E-state index is 11.8. The van der Waals surface area contributed by atoms with Gasteiger partial charge in [0.15, 0.2) is 6.61 Å². The zero-order valence-corrected chi connectivity index (χ0v) is 13.1. The van der Waals surface area contributed by atoms with Crippen LogP contribution in [0.1, 0.15) is 36.6 Å². The molecule has 0 saturated carbocycles. The van der Waals surface area contributed by atoms with Crippen LogP contribution in [0, 0.1) is 6.92 Å². The Morgan fingerprint density at radius 1 is 1.41 bits per heavy atom. The van der Waals surface area contributed by atoms with Gasteiger partial charge in [0, 0.05) is 6.20 Å². The molecule has 0 fully saturated rings. The highest BCUT2D eigenvalue weighted by Gasteiger charge is 2.09. The highest BCUT2D eigenvalue weighted by Crippen LogP contribution is 2.27. The molecular formula is C17H21N3O2. The number of aromatic nitrogens is 1. The summed E-state index contributed by atoms with van der Waals surface area (Å²) in [5, 5.41) is 3.87. The van der Waals surface area contributed by atoms with E-state index in [1.54, 1.807) is 12.4 Å². The fourth-order valence-electron chi connectivity index (χ4n) is 2.02. The summed E-state index contributed by atoms with van der Waals surface area (Å²) in [6, 6.07) is 9.75. The number of benzene rings is 1. The number of nitrogens with zero attached hydrogens (tertiary/aromatic N) is 1. The lowest BCUT2D eigenvalue weighted by atomic mass is 10.0. The molecule has 1 aromatic heterocycles. The van der Waals surface area contributed by atoms with Gasteiger partial charge in [-0.25, -0.2) is 5.43 Å². The van der Waals surface area contributed by atoms with Crippen LogP contribution in [0.25, 0.3) is 0 Å². The van der Waals surface area contributed by atoms with Crippen molar-refractivity contribution in [3.63, 3.8) is 0 Å². The van der Waals surface area contributed by atoms with Crippen molar-refractivity contribution < 1.29 is 9.53 Å². The number of aryl methyl sites for hydroxylation is 1. The van der Waals surface area contributed by atoms with Crippen LogP contribution in [0.2, 0.25) is 0 Å². The molecule has 2 N–H and O–H groups in total. The van der Waals surface area contributed by atoms with E-state index in [0.717, 1.165) is 22.6 Å². The Labute approximate surface area is 130 Å². The second-order valence-electron chi connectivity index (χ2n) is 5.40. The van der Waals surface area contributed by atoms with Crippen LogP contribution in [-0.2, 0) is 4.79 Å². The zero-order chi connectivity index (χ0) is 15.9. The Balaban J connectivity index is 1.89. The molecule has 0 unspecified atom stereocenters. The van der Waals surface area contributed by atoms with Crippen LogP contribution in [0.5, 0.6) is 5.75 Å². The maximum atomic E-state index is 11.8. The molecule has 1 aromatic carbocycles. The molecule has 0 spiro atoms. The Bertz CT molecular complexity index is 646. The number of hydrazone groups is 1. The third kappa shape index (κ3) is 4.48. The summed E-state index contributed by atoms with van der Waals surface area (Å²) in [5.74, 6) is 0.794. The molecule has 0 bridgehead atoms. The van der Waals surface area contributed by atoms with Gasteiger partial charge in [-0.05, 0) is 42.2 Å². The topological polar surface area (TPSA) is 66.5 Å². The molecule has 5 heteroatoms. The third-order valence-corrected chi connectivity index (χ3v) is 3.16. The predicted octanol–water partition coefficient (Wildman–Crippen LogP) is 2.98. The Hall–Kier alpha value is -2.56. The van der Waals surface area contributed by atoms with E-state index in [2.05, 4.69) is 29.4 Å². The number of carbonyl (C=O) groups is 1. The van der Waals surface area contributed by atoms with Crippen LogP contribution in [0.3, 0.4) is 0 Å². The van der Waals surface area contributed by atoms with Gasteiger partial charge in [0.05, 0.1) is 11.9 Å². The maximum Gasteiger partial charge on any atom is 0.277 e. The molecule has 0 radical (unpaired) electrons. The normalized spacial score (nSPS) is 11.1. The summed E-state index contributed by atoms with van der Waals surface area (Å²) in [7, 11) is 0. The zero-order valence-electron chi connectivity index (χ0n) is 13.1. The third-order valence-electron chi connectivity index (χ3n) is 3.16. The molecule has 22 heavy (non-hydrogen) atoms. The second-order valence-corrected chi connectivity index (χ2v) is 5.40. The van der Waals surface area contributed by atoms with E-state index in [9.17, 15) is 4.79 Å². The molecule has 2 aromatic rings. The quantitative estimate of drug-likeness (QED) is 0.636. The Kier molecular flexibility index (Phi) is 5.36. The number of nitrogens with one attached hydrogen (secondary N) is 2. The van der Waals surface area contributed by atoms with Crippen molar-refractivity contribution in [1.82, 2.24) is 10.4 Å². The first-order valence-corrected chi connectivity index (χ1v) is 7.25. The molecule has 5 nitrogen and oxygen atoms in total. The molecule has 0 saturated heterocycles. The molecule has 116 valence electrons. The molecule has 0 aliphatic carbocycles. The Morgan fingerprint density at radius 2 is 2.23 bits per heavy atom. The summed E-state index contributed by atoms with van der Waals surface area (Å²) >= 11 is 0. The molecule has 0 aliphatic heterocycles. The highest BCUT2D eigenvalue weighted by atomic mass is 16.5. The van der Waals surface area contributed by atoms with Gasteiger partial charge in [-0.1, -0.05) is 26.0 Å². The summed E-state index contributed by atoms with van der Waals surface area (Å²) in [5.41, 5.74) is 5.45. The van der Waals surface area contributed by atoms with Crippen LogP contribution >= 0.6 is 0 Å². The van der Waals surface area contributed by atoms with E-state index in [-0.39, 0.29) is 12.5 Å². The number of carbonyl (C=O) groups excluding carboxylic acids is 1. The molecule has 2 rings (SSSR count). The van der Waals surface area contributed by atoms with Gasteiger partial charge < -0.3 is 9.72 Å². The van der Waals surface area contributed by atoms with Crippen molar-refractivity contribution in [2.45, 2.75) is 26.7 Å². The van der Waals surface area contributed by atoms with E-state index in [0.29, 0.717) is 5.92 Å². The van der Waals surface area contributed by atoms with Crippen molar-refractivity contribution in [2.24, 2.45) is 5.10 Å². The standard InChI is InChI=1S/C17H21N3O2/c1-12(2)15-7-6-13(3)9-16(15)22-11-17(21)20-19-10-14-5-4-8-18-14/h4-10,12,18H,11H2,1-3H3,(H,20,21). The van der Waals surface area contributed by atoms with E-state index in [4.69, 9.17) is 4.74 Å². The van der Waals surface area contributed by atoms with Gasteiger partial charge in [0.25, 0.3) is 5.91 Å². The number of aromatic amines is 1. The monoisotopic (exact) mass is 299 g/mol. The second kappa shape index (κ2) is 7.45. The number of H-pyrrole nitrogens is 1. The van der Waals surface area contributed by atoms with Gasteiger partial charge in [-0.15, -0.1) is 0 Å². The van der Waals surface area contributed by atoms with Gasteiger partial charge in [-0.3, -0.25) is 4.79 Å².